The van der Waals surface area contributed by atoms with Crippen LogP contribution in [0, 0.1) is 0 Å². The van der Waals surface area contributed by atoms with Gasteiger partial charge < -0.3 is 10.6 Å². The number of carbonyl (C=O) groups excluding carboxylic acids is 1. The number of carbonyl (C=O) groups is 1. The summed E-state index contributed by atoms with van der Waals surface area (Å²) in [4.78, 5) is 10.9. The van der Waals surface area contributed by atoms with Gasteiger partial charge in [0.05, 0.1) is 0 Å². The third kappa shape index (κ3) is 2.61. The molecule has 0 aromatic heterocycles. The molecule has 0 saturated carbocycles. The lowest BCUT2D eigenvalue weighted by Crippen LogP contribution is -2.42. The van der Waals surface area contributed by atoms with Crippen molar-refractivity contribution >= 4 is 17.7 Å². The van der Waals surface area contributed by atoms with Crippen LogP contribution < -0.4 is 10.6 Å². The highest BCUT2D eigenvalue weighted by atomic mass is 32.2. The van der Waals surface area contributed by atoms with Crippen molar-refractivity contribution in [2.75, 3.05) is 18.1 Å². The van der Waals surface area contributed by atoms with Crippen molar-refractivity contribution in [2.24, 2.45) is 0 Å². The van der Waals surface area contributed by atoms with E-state index in [2.05, 4.69) is 10.6 Å². The third-order valence-corrected chi connectivity index (χ3v) is 3.82. The summed E-state index contributed by atoms with van der Waals surface area (Å²) in [5.41, 5.74) is 0. The van der Waals surface area contributed by atoms with Gasteiger partial charge >= 0.3 is 0 Å². The molecule has 2 rings (SSSR count). The number of nitrogens with one attached hydrogen (secondary N) is 2. The molecule has 0 aromatic carbocycles. The summed E-state index contributed by atoms with van der Waals surface area (Å²) in [6.45, 7) is 0.819. The second kappa shape index (κ2) is 4.33. The third-order valence-electron chi connectivity index (χ3n) is 2.61. The Bertz CT molecular complexity index is 192. The molecule has 2 aliphatic rings. The molecule has 0 bridgehead atoms. The summed E-state index contributed by atoms with van der Waals surface area (Å²) < 4.78 is 0. The highest BCUT2D eigenvalue weighted by Gasteiger charge is 2.24. The van der Waals surface area contributed by atoms with Crippen LogP contribution in [0.1, 0.15) is 19.3 Å². The Morgan fingerprint density at radius 1 is 1.46 bits per heavy atom. The van der Waals surface area contributed by atoms with Crippen molar-refractivity contribution in [3.8, 4) is 0 Å². The minimum absolute atomic E-state index is 0.195. The number of thioether (sulfide) groups is 1. The van der Waals surface area contributed by atoms with Crippen LogP contribution in [0.2, 0.25) is 0 Å². The quantitative estimate of drug-likeness (QED) is 0.676. The van der Waals surface area contributed by atoms with Gasteiger partial charge in [0.15, 0.2) is 0 Å². The van der Waals surface area contributed by atoms with E-state index in [1.54, 1.807) is 0 Å². The van der Waals surface area contributed by atoms with E-state index in [9.17, 15) is 4.79 Å². The van der Waals surface area contributed by atoms with Gasteiger partial charge in [0.25, 0.3) is 0 Å². The Morgan fingerprint density at radius 2 is 2.38 bits per heavy atom. The van der Waals surface area contributed by atoms with Gasteiger partial charge in [-0.15, -0.1) is 0 Å². The molecule has 2 unspecified atom stereocenters. The summed E-state index contributed by atoms with van der Waals surface area (Å²) in [7, 11) is 0. The first-order chi connectivity index (χ1) is 6.34. The van der Waals surface area contributed by atoms with Gasteiger partial charge in [-0.05, 0) is 18.6 Å². The maximum Gasteiger partial charge on any atom is 0.221 e. The van der Waals surface area contributed by atoms with Crippen LogP contribution in [0.15, 0.2) is 0 Å². The summed E-state index contributed by atoms with van der Waals surface area (Å²) >= 11 is 2.02. The molecule has 0 spiro atoms. The molecule has 4 heteroatoms. The standard InChI is InChI=1S/C9H16N2OS/c12-9-4-8(5-10-9)11-7-2-1-3-13-6-7/h7-8,11H,1-6H2,(H,10,12). The van der Waals surface area contributed by atoms with E-state index in [1.807, 2.05) is 11.8 Å². The molecule has 3 nitrogen and oxygen atoms in total. The van der Waals surface area contributed by atoms with E-state index in [1.165, 1.54) is 24.3 Å². The molecule has 2 aliphatic heterocycles. The molecule has 2 N–H and O–H groups in total. The van der Waals surface area contributed by atoms with Gasteiger partial charge in [0, 0.05) is 30.8 Å². The zero-order valence-corrected chi connectivity index (χ0v) is 8.53. The van der Waals surface area contributed by atoms with Crippen LogP contribution in [0.4, 0.5) is 0 Å². The molecule has 0 aromatic rings. The lowest BCUT2D eigenvalue weighted by atomic mass is 10.1. The molecule has 2 heterocycles. The Balaban J connectivity index is 1.73. The predicted molar refractivity (Wildman–Crippen MR) is 54.9 cm³/mol. The van der Waals surface area contributed by atoms with Crippen LogP contribution in [0.25, 0.3) is 0 Å². The first kappa shape index (κ1) is 9.34. The first-order valence-corrected chi connectivity index (χ1v) is 6.10. The zero-order chi connectivity index (χ0) is 9.10. The normalized spacial score (nSPS) is 34.6. The second-order valence-corrected chi connectivity index (χ2v) is 4.94. The lowest BCUT2D eigenvalue weighted by molar-refractivity contribution is -0.119. The van der Waals surface area contributed by atoms with Crippen molar-refractivity contribution in [2.45, 2.75) is 31.3 Å². The monoisotopic (exact) mass is 200 g/mol. The molecular weight excluding hydrogens is 184 g/mol. The van der Waals surface area contributed by atoms with Crippen molar-refractivity contribution < 1.29 is 4.79 Å². The Labute approximate surface area is 83.0 Å². The van der Waals surface area contributed by atoms with Crippen molar-refractivity contribution in [1.29, 1.82) is 0 Å². The SMILES string of the molecule is O=C1CC(NC2CCCSC2)CN1. The number of rotatable bonds is 2. The highest BCUT2D eigenvalue weighted by molar-refractivity contribution is 7.99. The molecule has 2 fully saturated rings. The van der Waals surface area contributed by atoms with Crippen LogP contribution in [0.5, 0.6) is 0 Å². The fraction of sp³-hybridized carbons (Fsp3) is 0.889. The second-order valence-electron chi connectivity index (χ2n) is 3.79. The minimum Gasteiger partial charge on any atom is -0.354 e. The van der Waals surface area contributed by atoms with Gasteiger partial charge in [-0.2, -0.15) is 11.8 Å². The van der Waals surface area contributed by atoms with Gasteiger partial charge in [-0.25, -0.2) is 0 Å². The first-order valence-electron chi connectivity index (χ1n) is 4.95. The van der Waals surface area contributed by atoms with Crippen LogP contribution in [-0.2, 0) is 4.79 Å². The van der Waals surface area contributed by atoms with Crippen molar-refractivity contribution in [3.63, 3.8) is 0 Å². The Kier molecular flexibility index (Phi) is 3.11. The van der Waals surface area contributed by atoms with Gasteiger partial charge in [0.1, 0.15) is 0 Å². The summed E-state index contributed by atoms with van der Waals surface area (Å²) in [6.07, 6.45) is 3.26. The van der Waals surface area contributed by atoms with Gasteiger partial charge in [0.2, 0.25) is 5.91 Å². The van der Waals surface area contributed by atoms with E-state index < -0.39 is 0 Å². The minimum atomic E-state index is 0.195. The number of hydrogen-bond donors (Lipinski definition) is 2. The van der Waals surface area contributed by atoms with Crippen LogP contribution in [0.3, 0.4) is 0 Å². The van der Waals surface area contributed by atoms with E-state index in [0.717, 1.165) is 6.54 Å². The van der Waals surface area contributed by atoms with Gasteiger partial charge in [-0.1, -0.05) is 0 Å². The molecule has 1 amide bonds. The molecule has 2 saturated heterocycles. The predicted octanol–water partition coefficient (Wildman–Crippen LogP) is 0.360. The van der Waals surface area contributed by atoms with E-state index in [-0.39, 0.29) is 5.91 Å². The maximum atomic E-state index is 10.9. The summed E-state index contributed by atoms with van der Waals surface area (Å²) in [5.74, 6) is 2.71. The van der Waals surface area contributed by atoms with Gasteiger partial charge in [-0.3, -0.25) is 4.79 Å². The molecule has 2 atom stereocenters. The van der Waals surface area contributed by atoms with Crippen molar-refractivity contribution in [1.82, 2.24) is 10.6 Å². The molecule has 74 valence electrons. The topological polar surface area (TPSA) is 41.1 Å². The highest BCUT2D eigenvalue weighted by Crippen LogP contribution is 2.18. The Hall–Kier alpha value is -0.220. The average Bonchev–Trinajstić information content (AvgIpc) is 2.53. The number of amides is 1. The lowest BCUT2D eigenvalue weighted by Gasteiger charge is -2.25. The largest absolute Gasteiger partial charge is 0.354 e. The average molecular weight is 200 g/mol. The van der Waals surface area contributed by atoms with E-state index in [0.29, 0.717) is 18.5 Å². The van der Waals surface area contributed by atoms with E-state index in [4.69, 9.17) is 0 Å². The van der Waals surface area contributed by atoms with Crippen LogP contribution >= 0.6 is 11.8 Å². The van der Waals surface area contributed by atoms with Crippen LogP contribution in [-0.4, -0.2) is 36.0 Å². The zero-order valence-electron chi connectivity index (χ0n) is 7.71. The molecule has 0 aliphatic carbocycles. The van der Waals surface area contributed by atoms with E-state index >= 15 is 0 Å². The smallest absolute Gasteiger partial charge is 0.221 e. The summed E-state index contributed by atoms with van der Waals surface area (Å²) in [5, 5.41) is 6.39. The molecule has 13 heavy (non-hydrogen) atoms. The fourth-order valence-electron chi connectivity index (χ4n) is 1.93. The summed E-state index contributed by atoms with van der Waals surface area (Å²) in [6, 6.07) is 1.02. The van der Waals surface area contributed by atoms with Crippen molar-refractivity contribution in [3.05, 3.63) is 0 Å². The maximum absolute atomic E-state index is 10.9. The molecular formula is C9H16N2OS. The number of hydrogen-bond acceptors (Lipinski definition) is 3. The fourth-order valence-corrected chi connectivity index (χ4v) is 3.01. The molecule has 0 radical (unpaired) electrons. The Morgan fingerprint density at radius 3 is 3.00 bits per heavy atom.